The van der Waals surface area contributed by atoms with Crippen LogP contribution in [0.1, 0.15) is 0 Å². The Morgan fingerprint density at radius 3 is 2.61 bits per heavy atom. The summed E-state index contributed by atoms with van der Waals surface area (Å²) in [5.74, 6) is -2.64. The third kappa shape index (κ3) is 1.89. The van der Waals surface area contributed by atoms with Gasteiger partial charge >= 0.3 is 5.69 Å². The second-order valence-corrected chi connectivity index (χ2v) is 4.30. The molecule has 0 fully saturated rings. The summed E-state index contributed by atoms with van der Waals surface area (Å²) in [6.45, 7) is 0. The van der Waals surface area contributed by atoms with Crippen LogP contribution in [0.15, 0.2) is 16.7 Å². The standard InChI is InChI=1S/C9H4F2IN3O3/c10-3-1-2-4(15(16)17)6(11)5(3)8-7(12)9(13)14-18-8/h1-2H,(H2,13,14). The molecule has 0 bridgehead atoms. The fourth-order valence-corrected chi connectivity index (χ4v) is 1.80. The molecule has 0 spiro atoms. The minimum Gasteiger partial charge on any atom is -0.380 e. The van der Waals surface area contributed by atoms with Gasteiger partial charge in [0.2, 0.25) is 5.82 Å². The lowest BCUT2D eigenvalue weighted by atomic mass is 10.1. The van der Waals surface area contributed by atoms with Crippen LogP contribution in [0.5, 0.6) is 0 Å². The lowest BCUT2D eigenvalue weighted by Gasteiger charge is -2.02. The Bertz CT molecular complexity index is 644. The third-order valence-corrected chi connectivity index (χ3v) is 3.20. The number of benzene rings is 1. The molecule has 2 N–H and O–H groups in total. The van der Waals surface area contributed by atoms with Gasteiger partial charge in [-0.25, -0.2) is 4.39 Å². The first-order valence-electron chi connectivity index (χ1n) is 4.47. The zero-order valence-corrected chi connectivity index (χ0v) is 10.6. The zero-order valence-electron chi connectivity index (χ0n) is 8.49. The maximum atomic E-state index is 13.8. The molecule has 2 rings (SSSR count). The molecule has 0 unspecified atom stereocenters. The maximum absolute atomic E-state index is 13.8. The van der Waals surface area contributed by atoms with Crippen molar-refractivity contribution in [3.63, 3.8) is 0 Å². The number of anilines is 1. The molecule has 0 saturated carbocycles. The molecule has 6 nitrogen and oxygen atoms in total. The van der Waals surface area contributed by atoms with Crippen LogP contribution < -0.4 is 5.73 Å². The van der Waals surface area contributed by atoms with E-state index in [-0.39, 0.29) is 15.1 Å². The fourth-order valence-electron chi connectivity index (χ4n) is 1.34. The lowest BCUT2D eigenvalue weighted by molar-refractivity contribution is -0.387. The number of nitro benzene ring substituents is 1. The number of hydrogen-bond acceptors (Lipinski definition) is 5. The van der Waals surface area contributed by atoms with Crippen molar-refractivity contribution in [3.05, 3.63) is 37.5 Å². The van der Waals surface area contributed by atoms with Crippen molar-refractivity contribution in [1.82, 2.24) is 5.16 Å². The van der Waals surface area contributed by atoms with E-state index in [2.05, 4.69) is 5.16 Å². The Labute approximate surface area is 112 Å². The Morgan fingerprint density at radius 1 is 1.44 bits per heavy atom. The van der Waals surface area contributed by atoms with E-state index in [1.54, 1.807) is 22.6 Å². The van der Waals surface area contributed by atoms with Gasteiger partial charge in [0.05, 0.1) is 10.5 Å². The maximum Gasteiger partial charge on any atom is 0.305 e. The number of nitrogens with zero attached hydrogens (tertiary/aromatic N) is 2. The Kier molecular flexibility index (Phi) is 3.15. The molecule has 1 heterocycles. The molecular formula is C9H4F2IN3O3. The molecule has 0 amide bonds. The summed E-state index contributed by atoms with van der Waals surface area (Å²) in [4.78, 5) is 9.62. The number of rotatable bonds is 2. The molecule has 9 heteroatoms. The number of nitrogens with two attached hydrogens (primary N) is 1. The Hall–Kier alpha value is -1.78. The number of nitrogen functional groups attached to an aromatic ring is 1. The summed E-state index contributed by atoms with van der Waals surface area (Å²) in [5.41, 5.74) is 3.88. The molecular weight excluding hydrogens is 363 g/mol. The van der Waals surface area contributed by atoms with Crippen LogP contribution in [0, 0.1) is 25.3 Å². The van der Waals surface area contributed by atoms with Crippen molar-refractivity contribution in [2.75, 3.05) is 5.73 Å². The molecule has 0 atom stereocenters. The summed E-state index contributed by atoms with van der Waals surface area (Å²) in [5, 5.41) is 13.9. The summed E-state index contributed by atoms with van der Waals surface area (Å²) < 4.78 is 32.3. The highest BCUT2D eigenvalue weighted by molar-refractivity contribution is 14.1. The fraction of sp³-hybridized carbons (Fsp3) is 0. The minimum absolute atomic E-state index is 0.0455. The molecule has 0 radical (unpaired) electrons. The summed E-state index contributed by atoms with van der Waals surface area (Å²) in [7, 11) is 0. The van der Waals surface area contributed by atoms with E-state index in [0.29, 0.717) is 0 Å². The van der Waals surface area contributed by atoms with Crippen molar-refractivity contribution in [1.29, 1.82) is 0 Å². The van der Waals surface area contributed by atoms with Crippen LogP contribution in [0.2, 0.25) is 0 Å². The number of hydrogen-bond donors (Lipinski definition) is 1. The van der Waals surface area contributed by atoms with E-state index in [1.807, 2.05) is 0 Å². The van der Waals surface area contributed by atoms with Crippen molar-refractivity contribution < 1.29 is 18.2 Å². The van der Waals surface area contributed by atoms with Gasteiger partial charge in [0.15, 0.2) is 11.6 Å². The SMILES string of the molecule is Nc1noc(-c2c(F)ccc([N+](=O)[O-])c2F)c1I. The van der Waals surface area contributed by atoms with Crippen molar-refractivity contribution in [2.45, 2.75) is 0 Å². The molecule has 1 aromatic carbocycles. The largest absolute Gasteiger partial charge is 0.380 e. The van der Waals surface area contributed by atoms with Crippen LogP contribution in [-0.4, -0.2) is 10.1 Å². The van der Waals surface area contributed by atoms with E-state index in [4.69, 9.17) is 10.3 Å². The van der Waals surface area contributed by atoms with Gasteiger partial charge in [-0.05, 0) is 28.7 Å². The van der Waals surface area contributed by atoms with Gasteiger partial charge in [0.25, 0.3) is 0 Å². The monoisotopic (exact) mass is 367 g/mol. The number of halogens is 3. The molecule has 0 saturated heterocycles. The molecule has 1 aromatic heterocycles. The zero-order chi connectivity index (χ0) is 13.4. The Morgan fingerprint density at radius 2 is 2.11 bits per heavy atom. The van der Waals surface area contributed by atoms with E-state index in [9.17, 15) is 18.9 Å². The summed E-state index contributed by atoms with van der Waals surface area (Å²) >= 11 is 1.68. The van der Waals surface area contributed by atoms with Gasteiger partial charge in [-0.2, -0.15) is 4.39 Å². The van der Waals surface area contributed by atoms with Gasteiger partial charge in [0, 0.05) is 6.07 Å². The van der Waals surface area contributed by atoms with E-state index in [1.165, 1.54) is 0 Å². The van der Waals surface area contributed by atoms with Gasteiger partial charge in [-0.1, -0.05) is 5.16 Å². The first-order chi connectivity index (χ1) is 8.43. The average molecular weight is 367 g/mol. The topological polar surface area (TPSA) is 95.2 Å². The molecule has 0 aliphatic heterocycles. The van der Waals surface area contributed by atoms with Crippen LogP contribution in [0.25, 0.3) is 11.3 Å². The van der Waals surface area contributed by atoms with Crippen LogP contribution in [0.4, 0.5) is 20.3 Å². The summed E-state index contributed by atoms with van der Waals surface area (Å²) in [6.07, 6.45) is 0. The number of aromatic nitrogens is 1. The first kappa shape index (κ1) is 12.7. The lowest BCUT2D eigenvalue weighted by Crippen LogP contribution is -1.98. The predicted octanol–water partition coefficient (Wildman–Crippen LogP) is 2.71. The van der Waals surface area contributed by atoms with Gasteiger partial charge in [-0.15, -0.1) is 0 Å². The van der Waals surface area contributed by atoms with Gasteiger partial charge < -0.3 is 10.3 Å². The van der Waals surface area contributed by atoms with Crippen LogP contribution in [0.3, 0.4) is 0 Å². The van der Waals surface area contributed by atoms with Crippen LogP contribution in [-0.2, 0) is 0 Å². The van der Waals surface area contributed by atoms with Gasteiger partial charge in [0.1, 0.15) is 9.39 Å². The highest BCUT2D eigenvalue weighted by Gasteiger charge is 2.27. The minimum atomic E-state index is -1.32. The molecule has 18 heavy (non-hydrogen) atoms. The second-order valence-electron chi connectivity index (χ2n) is 3.22. The van der Waals surface area contributed by atoms with E-state index < -0.39 is 27.8 Å². The normalized spacial score (nSPS) is 10.6. The summed E-state index contributed by atoms with van der Waals surface area (Å²) in [6, 6.07) is 1.52. The third-order valence-electron chi connectivity index (χ3n) is 2.15. The van der Waals surface area contributed by atoms with Crippen molar-refractivity contribution >= 4 is 34.1 Å². The highest BCUT2D eigenvalue weighted by Crippen LogP contribution is 2.35. The molecule has 94 valence electrons. The van der Waals surface area contributed by atoms with E-state index >= 15 is 0 Å². The van der Waals surface area contributed by atoms with Gasteiger partial charge in [-0.3, -0.25) is 10.1 Å². The number of nitro groups is 1. The molecule has 0 aliphatic carbocycles. The van der Waals surface area contributed by atoms with Crippen LogP contribution >= 0.6 is 22.6 Å². The second kappa shape index (κ2) is 4.48. The van der Waals surface area contributed by atoms with Crippen molar-refractivity contribution in [3.8, 4) is 11.3 Å². The molecule has 0 aliphatic rings. The quantitative estimate of drug-likeness (QED) is 0.500. The van der Waals surface area contributed by atoms with Crippen molar-refractivity contribution in [2.24, 2.45) is 0 Å². The first-order valence-corrected chi connectivity index (χ1v) is 5.54. The Balaban J connectivity index is 2.75. The average Bonchev–Trinajstić information content (AvgIpc) is 2.61. The smallest absolute Gasteiger partial charge is 0.305 e. The predicted molar refractivity (Wildman–Crippen MR) is 65.6 cm³/mol. The molecule has 2 aromatic rings. The highest BCUT2D eigenvalue weighted by atomic mass is 127. The van der Waals surface area contributed by atoms with E-state index in [0.717, 1.165) is 12.1 Å².